The minimum absolute atomic E-state index is 0.0371. The lowest BCUT2D eigenvalue weighted by molar-refractivity contribution is -0.139. The van der Waals surface area contributed by atoms with Crippen LogP contribution in [-0.2, 0) is 23.1 Å². The van der Waals surface area contributed by atoms with Gasteiger partial charge < -0.3 is 15.0 Å². The molecule has 1 unspecified atom stereocenters. The Balaban J connectivity index is 2.05. The Morgan fingerprint density at radius 2 is 1.96 bits per heavy atom. The number of aryl methyl sites for hydroxylation is 2. The van der Waals surface area contributed by atoms with Crippen LogP contribution in [0.4, 0.5) is 0 Å². The number of amides is 1. The van der Waals surface area contributed by atoms with E-state index in [9.17, 15) is 9.59 Å². The van der Waals surface area contributed by atoms with Crippen LogP contribution in [0, 0.1) is 5.92 Å². The van der Waals surface area contributed by atoms with Crippen LogP contribution in [0.25, 0.3) is 10.9 Å². The van der Waals surface area contributed by atoms with E-state index in [1.165, 1.54) is 0 Å². The highest BCUT2D eigenvalue weighted by Gasteiger charge is 2.32. The number of benzene rings is 1. The third kappa shape index (κ3) is 3.96. The highest BCUT2D eigenvalue weighted by atomic mass is 16.4. The second kappa shape index (κ2) is 7.07. The van der Waals surface area contributed by atoms with Gasteiger partial charge in [-0.3, -0.25) is 9.59 Å². The van der Waals surface area contributed by atoms with Gasteiger partial charge in [0, 0.05) is 36.1 Å². The van der Waals surface area contributed by atoms with E-state index in [2.05, 4.69) is 28.2 Å². The van der Waals surface area contributed by atoms with Crippen LogP contribution in [0.3, 0.4) is 0 Å². The molecule has 0 spiro atoms. The predicted molar refractivity (Wildman–Crippen MR) is 94.9 cm³/mol. The average Bonchev–Trinajstić information content (AvgIpc) is 2.81. The largest absolute Gasteiger partial charge is 0.481 e. The molecule has 0 aliphatic carbocycles. The summed E-state index contributed by atoms with van der Waals surface area (Å²) in [5, 5.41) is 13.2. The Bertz CT molecular complexity index is 748. The van der Waals surface area contributed by atoms with Crippen molar-refractivity contribution in [1.29, 1.82) is 0 Å². The summed E-state index contributed by atoms with van der Waals surface area (Å²) in [6.45, 7) is 5.64. The zero-order chi connectivity index (χ0) is 17.9. The number of rotatable bonds is 7. The first-order chi connectivity index (χ1) is 11.2. The fourth-order valence-electron chi connectivity index (χ4n) is 2.96. The lowest BCUT2D eigenvalue weighted by Crippen LogP contribution is -2.51. The summed E-state index contributed by atoms with van der Waals surface area (Å²) in [5.41, 5.74) is 1.54. The fraction of sp³-hybridized carbons (Fsp3) is 0.474. The Kier molecular flexibility index (Phi) is 5.32. The molecule has 2 rings (SSSR count). The van der Waals surface area contributed by atoms with Crippen molar-refractivity contribution in [2.24, 2.45) is 13.0 Å². The van der Waals surface area contributed by atoms with Crippen molar-refractivity contribution in [2.45, 2.75) is 45.6 Å². The zero-order valence-corrected chi connectivity index (χ0v) is 14.8. The summed E-state index contributed by atoms with van der Waals surface area (Å²) in [6.07, 6.45) is 2.95. The third-order valence-electron chi connectivity index (χ3n) is 4.82. The highest BCUT2D eigenvalue weighted by molar-refractivity contribution is 5.85. The summed E-state index contributed by atoms with van der Waals surface area (Å²) >= 11 is 0. The second-order valence-electron chi connectivity index (χ2n) is 6.97. The van der Waals surface area contributed by atoms with Crippen molar-refractivity contribution in [2.75, 3.05) is 0 Å². The molecule has 5 nitrogen and oxygen atoms in total. The number of carbonyl (C=O) groups excluding carboxylic acids is 1. The van der Waals surface area contributed by atoms with E-state index in [1.807, 2.05) is 33.0 Å². The van der Waals surface area contributed by atoms with Gasteiger partial charge in [-0.2, -0.15) is 0 Å². The zero-order valence-electron chi connectivity index (χ0n) is 14.8. The number of para-hydroxylation sites is 1. The predicted octanol–water partition coefficient (Wildman–Crippen LogP) is 3.12. The van der Waals surface area contributed by atoms with Crippen LogP contribution in [0.2, 0.25) is 0 Å². The molecule has 0 aliphatic rings. The Morgan fingerprint density at radius 3 is 2.58 bits per heavy atom. The molecule has 1 heterocycles. The number of carbonyl (C=O) groups is 2. The number of hydrogen-bond donors (Lipinski definition) is 2. The van der Waals surface area contributed by atoms with Gasteiger partial charge in [0.25, 0.3) is 0 Å². The van der Waals surface area contributed by atoms with Crippen LogP contribution in [0.15, 0.2) is 30.5 Å². The number of aromatic nitrogens is 1. The first-order valence-corrected chi connectivity index (χ1v) is 8.28. The van der Waals surface area contributed by atoms with E-state index >= 15 is 0 Å². The Hall–Kier alpha value is -2.30. The minimum Gasteiger partial charge on any atom is -0.481 e. The number of aliphatic carboxylic acids is 1. The van der Waals surface area contributed by atoms with Crippen LogP contribution in [-0.4, -0.2) is 27.1 Å². The molecule has 2 N–H and O–H groups in total. The topological polar surface area (TPSA) is 71.3 Å². The van der Waals surface area contributed by atoms with Crippen molar-refractivity contribution in [3.05, 3.63) is 36.0 Å². The van der Waals surface area contributed by atoms with Crippen LogP contribution in [0.1, 0.15) is 39.2 Å². The van der Waals surface area contributed by atoms with Gasteiger partial charge in [-0.25, -0.2) is 0 Å². The second-order valence-corrected chi connectivity index (χ2v) is 6.97. The molecule has 0 saturated heterocycles. The number of fused-ring (bicyclic) bond motifs is 1. The molecule has 2 aromatic rings. The molecule has 1 aromatic heterocycles. The smallest absolute Gasteiger partial charge is 0.305 e. The van der Waals surface area contributed by atoms with Crippen LogP contribution >= 0.6 is 0 Å². The maximum Gasteiger partial charge on any atom is 0.305 e. The maximum atomic E-state index is 12.3. The lowest BCUT2D eigenvalue weighted by Gasteiger charge is -2.33. The number of nitrogens with one attached hydrogen (secondary N) is 1. The van der Waals surface area contributed by atoms with Gasteiger partial charge in [0.1, 0.15) is 0 Å². The van der Waals surface area contributed by atoms with Gasteiger partial charge in [0.2, 0.25) is 5.91 Å². The van der Waals surface area contributed by atoms with Crippen molar-refractivity contribution < 1.29 is 14.7 Å². The molecule has 0 aliphatic heterocycles. The molecule has 1 atom stereocenters. The average molecular weight is 330 g/mol. The number of carboxylic acids is 1. The molecular weight excluding hydrogens is 304 g/mol. The van der Waals surface area contributed by atoms with Gasteiger partial charge in [-0.15, -0.1) is 0 Å². The molecule has 0 radical (unpaired) electrons. The normalized spacial score (nSPS) is 13.9. The summed E-state index contributed by atoms with van der Waals surface area (Å²) < 4.78 is 2.06. The molecule has 1 aromatic carbocycles. The minimum atomic E-state index is -0.902. The van der Waals surface area contributed by atoms with Gasteiger partial charge in [-0.1, -0.05) is 32.0 Å². The number of carboxylic acid groups (broad SMARTS) is 1. The standard InChI is InChI=1S/C19H26N2O3/c1-13(2)19(3,11-18(23)24)20-17(22)10-9-14-12-21(4)16-8-6-5-7-15(14)16/h5-8,12-13H,9-11H2,1-4H3,(H,20,22)(H,23,24). The van der Waals surface area contributed by atoms with Gasteiger partial charge >= 0.3 is 5.97 Å². The van der Waals surface area contributed by atoms with E-state index in [1.54, 1.807) is 6.92 Å². The third-order valence-corrected chi connectivity index (χ3v) is 4.82. The molecular formula is C19H26N2O3. The molecule has 0 bridgehead atoms. The summed E-state index contributed by atoms with van der Waals surface area (Å²) in [4.78, 5) is 23.4. The van der Waals surface area contributed by atoms with Crippen molar-refractivity contribution in [1.82, 2.24) is 9.88 Å². The lowest BCUT2D eigenvalue weighted by atomic mass is 9.85. The SMILES string of the molecule is CC(C)C(C)(CC(=O)O)NC(=O)CCc1cn(C)c2ccccc12. The summed E-state index contributed by atoms with van der Waals surface area (Å²) in [7, 11) is 1.99. The molecule has 5 heteroatoms. The number of hydrogen-bond acceptors (Lipinski definition) is 2. The number of nitrogens with zero attached hydrogens (tertiary/aromatic N) is 1. The van der Waals surface area contributed by atoms with Gasteiger partial charge in [0.15, 0.2) is 0 Å². The summed E-state index contributed by atoms with van der Waals surface area (Å²) in [5.74, 6) is -0.976. The Morgan fingerprint density at radius 1 is 1.29 bits per heavy atom. The first-order valence-electron chi connectivity index (χ1n) is 8.28. The van der Waals surface area contributed by atoms with Crippen molar-refractivity contribution in [3.63, 3.8) is 0 Å². The van der Waals surface area contributed by atoms with Gasteiger partial charge in [0.05, 0.1) is 6.42 Å². The summed E-state index contributed by atoms with van der Waals surface area (Å²) in [6, 6.07) is 8.11. The van der Waals surface area contributed by atoms with Crippen LogP contribution < -0.4 is 5.32 Å². The molecule has 130 valence electrons. The molecule has 0 fully saturated rings. The van der Waals surface area contributed by atoms with Crippen molar-refractivity contribution >= 4 is 22.8 Å². The van der Waals surface area contributed by atoms with Crippen molar-refractivity contribution in [3.8, 4) is 0 Å². The first kappa shape index (κ1) is 18.0. The van der Waals surface area contributed by atoms with E-state index < -0.39 is 11.5 Å². The highest BCUT2D eigenvalue weighted by Crippen LogP contribution is 2.23. The molecule has 0 saturated carbocycles. The van der Waals surface area contributed by atoms with E-state index in [-0.39, 0.29) is 18.2 Å². The maximum absolute atomic E-state index is 12.3. The monoisotopic (exact) mass is 330 g/mol. The Labute approximate surface area is 142 Å². The van der Waals surface area contributed by atoms with Crippen LogP contribution in [0.5, 0.6) is 0 Å². The van der Waals surface area contributed by atoms with E-state index in [0.717, 1.165) is 16.5 Å². The molecule has 24 heavy (non-hydrogen) atoms. The van der Waals surface area contributed by atoms with Gasteiger partial charge in [-0.05, 0) is 30.9 Å². The van der Waals surface area contributed by atoms with E-state index in [4.69, 9.17) is 5.11 Å². The fourth-order valence-corrected chi connectivity index (χ4v) is 2.96. The molecule has 1 amide bonds. The quantitative estimate of drug-likeness (QED) is 0.819. The van der Waals surface area contributed by atoms with E-state index in [0.29, 0.717) is 12.8 Å².